The number of Topliss-reactive ketones (excluding diaryl/α,β-unsaturated/α-hetero) is 1. The minimum absolute atomic E-state index is 0.189. The van der Waals surface area contributed by atoms with E-state index >= 15 is 0 Å². The Bertz CT molecular complexity index is 1400. The van der Waals surface area contributed by atoms with Crippen LogP contribution in [-0.2, 0) is 33.4 Å². The normalized spacial score (nSPS) is 13.4. The number of nitrogens with zero attached hydrogens (tertiary/aromatic N) is 3. The van der Waals surface area contributed by atoms with Crippen LogP contribution in [-0.4, -0.2) is 120 Å². The molecule has 0 aromatic heterocycles. The third kappa shape index (κ3) is 10.5. The number of terminal acetylenes is 7. The standard InChI is InChI=1S/C32H34N6O7S/c1-10-17-36(18-11-2)28(16-7)44-30(43)32(35-27(41)23-33,38(21-14-5)22-15-6)45-29(42)31(34-9,26(40)24-46-25(8)39)37(19-12-3)20-13-4/h1-7,28,34H,17-24,33H2,8-9H3,(H,35,41). The molecule has 1 amide bonds. The average molecular weight is 647 g/mol. The van der Waals surface area contributed by atoms with Gasteiger partial charge in [0.15, 0.2) is 10.9 Å². The number of nitrogens with two attached hydrogens (primary N) is 1. The monoisotopic (exact) mass is 646 g/mol. The van der Waals surface area contributed by atoms with Crippen molar-refractivity contribution in [2.75, 3.05) is 58.6 Å². The molecule has 0 heterocycles. The van der Waals surface area contributed by atoms with Crippen molar-refractivity contribution in [1.82, 2.24) is 25.3 Å². The summed E-state index contributed by atoms with van der Waals surface area (Å²) in [5.41, 5.74) is 2.97. The van der Waals surface area contributed by atoms with Crippen LogP contribution in [0.3, 0.4) is 0 Å². The summed E-state index contributed by atoms with van der Waals surface area (Å²) in [6.07, 6.45) is 36.9. The first kappa shape index (κ1) is 40.8. The Morgan fingerprint density at radius 3 is 1.67 bits per heavy atom. The summed E-state index contributed by atoms with van der Waals surface area (Å²) in [5, 5.41) is 4.29. The molecule has 0 saturated carbocycles. The Labute approximate surface area is 274 Å². The van der Waals surface area contributed by atoms with Crippen LogP contribution in [0.5, 0.6) is 0 Å². The molecule has 0 rings (SSSR count). The molecule has 0 aliphatic heterocycles. The number of thioether (sulfide) groups is 1. The molecule has 3 unspecified atom stereocenters. The second kappa shape index (κ2) is 20.7. The summed E-state index contributed by atoms with van der Waals surface area (Å²) in [6, 6.07) is 0. The SMILES string of the molecule is C#CCN(CC#C)C(C#C)OC(=O)C(NC(=O)CN)(OC(=O)C(NC)(C(=O)CSC(C)=O)N(CC#C)CC#C)N(CC#C)CC#C. The molecular formula is C32H34N6O7S. The molecule has 46 heavy (non-hydrogen) atoms. The summed E-state index contributed by atoms with van der Waals surface area (Å²) in [7, 11) is 1.20. The van der Waals surface area contributed by atoms with E-state index in [-0.39, 0.29) is 13.1 Å². The van der Waals surface area contributed by atoms with E-state index in [2.05, 4.69) is 52.1 Å². The quantitative estimate of drug-likeness (QED) is 0.0573. The van der Waals surface area contributed by atoms with Crippen LogP contribution in [0.15, 0.2) is 0 Å². The van der Waals surface area contributed by atoms with E-state index < -0.39 is 85.0 Å². The number of nitrogens with one attached hydrogen (secondary N) is 2. The maximum atomic E-state index is 14.4. The molecular weight excluding hydrogens is 612 g/mol. The predicted molar refractivity (Wildman–Crippen MR) is 172 cm³/mol. The number of carbonyl (C=O) groups is 5. The third-order valence-corrected chi connectivity index (χ3v) is 6.62. The van der Waals surface area contributed by atoms with Gasteiger partial charge in [0.1, 0.15) is 0 Å². The maximum absolute atomic E-state index is 14.4. The molecule has 13 nitrogen and oxygen atoms in total. The number of carbonyl (C=O) groups excluding carboxylic acids is 5. The van der Waals surface area contributed by atoms with Crippen molar-refractivity contribution in [2.24, 2.45) is 5.73 Å². The first-order valence-electron chi connectivity index (χ1n) is 13.0. The molecule has 3 atom stereocenters. The molecule has 240 valence electrons. The van der Waals surface area contributed by atoms with E-state index in [4.69, 9.17) is 60.2 Å². The molecule has 0 radical (unpaired) electrons. The van der Waals surface area contributed by atoms with Crippen LogP contribution in [0.1, 0.15) is 6.92 Å². The van der Waals surface area contributed by atoms with Gasteiger partial charge in [0.05, 0.1) is 51.6 Å². The minimum Gasteiger partial charge on any atom is -0.429 e. The Hall–Kier alpha value is -5.18. The van der Waals surface area contributed by atoms with E-state index in [0.717, 1.165) is 9.80 Å². The number of esters is 2. The molecule has 0 bridgehead atoms. The molecule has 0 saturated heterocycles. The van der Waals surface area contributed by atoms with Gasteiger partial charge in [-0.1, -0.05) is 47.3 Å². The summed E-state index contributed by atoms with van der Waals surface area (Å²) in [6.45, 7) is -1.83. The summed E-state index contributed by atoms with van der Waals surface area (Å²) in [4.78, 5) is 70.0. The minimum atomic E-state index is -3.02. The number of ether oxygens (including phenoxy) is 2. The lowest BCUT2D eigenvalue weighted by Crippen LogP contribution is -2.75. The van der Waals surface area contributed by atoms with E-state index in [1.165, 1.54) is 18.9 Å². The smallest absolute Gasteiger partial charge is 0.392 e. The number of ketones is 1. The number of hydrogen-bond donors (Lipinski definition) is 3. The fraction of sp³-hybridized carbons (Fsp3) is 0.406. The van der Waals surface area contributed by atoms with Gasteiger partial charge in [-0.05, 0) is 13.0 Å². The lowest BCUT2D eigenvalue weighted by atomic mass is 10.0. The van der Waals surface area contributed by atoms with Crippen LogP contribution in [0.4, 0.5) is 0 Å². The van der Waals surface area contributed by atoms with Gasteiger partial charge in [-0.15, -0.1) is 45.0 Å². The van der Waals surface area contributed by atoms with Crippen LogP contribution >= 0.6 is 11.8 Å². The average Bonchev–Trinajstić information content (AvgIpc) is 3.02. The fourth-order valence-corrected chi connectivity index (χ4v) is 4.34. The zero-order chi connectivity index (χ0) is 35.3. The van der Waals surface area contributed by atoms with Crippen molar-refractivity contribution < 1.29 is 33.4 Å². The summed E-state index contributed by atoms with van der Waals surface area (Å²) < 4.78 is 11.3. The predicted octanol–water partition coefficient (Wildman–Crippen LogP) is -2.77. The molecule has 4 N–H and O–H groups in total. The van der Waals surface area contributed by atoms with Gasteiger partial charge >= 0.3 is 17.8 Å². The van der Waals surface area contributed by atoms with Gasteiger partial charge in [-0.25, -0.2) is 24.3 Å². The van der Waals surface area contributed by atoms with E-state index in [9.17, 15) is 24.0 Å². The summed E-state index contributed by atoms with van der Waals surface area (Å²) in [5.74, 6) is 7.16. The number of amides is 1. The number of likely N-dealkylation sites (N-methyl/N-ethyl adjacent to an activating group) is 1. The third-order valence-electron chi connectivity index (χ3n) is 5.81. The zero-order valence-corrected chi connectivity index (χ0v) is 26.3. The van der Waals surface area contributed by atoms with Crippen molar-refractivity contribution in [1.29, 1.82) is 0 Å². The highest BCUT2D eigenvalue weighted by molar-refractivity contribution is 8.14. The second-order valence-corrected chi connectivity index (χ2v) is 9.87. The Morgan fingerprint density at radius 1 is 0.804 bits per heavy atom. The van der Waals surface area contributed by atoms with Crippen LogP contribution in [0.25, 0.3) is 0 Å². The molecule has 0 spiro atoms. The topological polar surface area (TPSA) is 164 Å². The lowest BCUT2D eigenvalue weighted by Gasteiger charge is -2.44. The van der Waals surface area contributed by atoms with Gasteiger partial charge < -0.3 is 15.2 Å². The zero-order valence-electron chi connectivity index (χ0n) is 25.5. The van der Waals surface area contributed by atoms with Crippen molar-refractivity contribution in [2.45, 2.75) is 24.7 Å². The first-order valence-corrected chi connectivity index (χ1v) is 14.0. The number of rotatable bonds is 19. The van der Waals surface area contributed by atoms with Gasteiger partial charge in [-0.2, -0.15) is 0 Å². The van der Waals surface area contributed by atoms with Crippen molar-refractivity contribution >= 4 is 40.5 Å². The van der Waals surface area contributed by atoms with Crippen LogP contribution < -0.4 is 16.4 Å². The second-order valence-electron chi connectivity index (χ2n) is 8.72. The van der Waals surface area contributed by atoms with Crippen molar-refractivity contribution in [3.8, 4) is 86.4 Å². The molecule has 0 aliphatic carbocycles. The van der Waals surface area contributed by atoms with Crippen LogP contribution in [0, 0.1) is 86.4 Å². The fourth-order valence-electron chi connectivity index (χ4n) is 3.79. The molecule has 0 aliphatic rings. The molecule has 0 aromatic rings. The Morgan fingerprint density at radius 2 is 1.28 bits per heavy atom. The highest BCUT2D eigenvalue weighted by Crippen LogP contribution is 2.26. The summed E-state index contributed by atoms with van der Waals surface area (Å²) >= 11 is 0.570. The van der Waals surface area contributed by atoms with E-state index in [0.29, 0.717) is 11.8 Å². The maximum Gasteiger partial charge on any atom is 0.392 e. The largest absolute Gasteiger partial charge is 0.429 e. The molecule has 0 fully saturated rings. The molecule has 14 heteroatoms. The van der Waals surface area contributed by atoms with Gasteiger partial charge in [0.2, 0.25) is 17.8 Å². The van der Waals surface area contributed by atoms with Crippen molar-refractivity contribution in [3.05, 3.63) is 0 Å². The Balaban J connectivity index is 7.72. The number of hydrogen-bond acceptors (Lipinski definition) is 13. The van der Waals surface area contributed by atoms with Crippen molar-refractivity contribution in [3.63, 3.8) is 0 Å². The highest BCUT2D eigenvalue weighted by atomic mass is 32.2. The van der Waals surface area contributed by atoms with E-state index in [1.807, 2.05) is 0 Å². The van der Waals surface area contributed by atoms with Gasteiger partial charge in [0, 0.05) is 6.92 Å². The highest BCUT2D eigenvalue weighted by Gasteiger charge is 2.58. The van der Waals surface area contributed by atoms with Gasteiger partial charge in [-0.3, -0.25) is 25.0 Å². The molecule has 0 aromatic carbocycles. The van der Waals surface area contributed by atoms with Crippen LogP contribution in [0.2, 0.25) is 0 Å². The first-order chi connectivity index (χ1) is 21.9. The Kier molecular flexibility index (Phi) is 18.4. The van der Waals surface area contributed by atoms with Gasteiger partial charge in [0.25, 0.3) is 0 Å². The lowest BCUT2D eigenvalue weighted by molar-refractivity contribution is -0.226. The van der Waals surface area contributed by atoms with E-state index in [1.54, 1.807) is 0 Å².